The van der Waals surface area contributed by atoms with Crippen molar-refractivity contribution in [2.45, 2.75) is 12.8 Å². The van der Waals surface area contributed by atoms with Gasteiger partial charge >= 0.3 is 5.97 Å². The third-order valence-electron chi connectivity index (χ3n) is 3.52. The molecule has 6 heteroatoms. The number of benzene rings is 1. The molecule has 1 atom stereocenters. The zero-order valence-electron chi connectivity index (χ0n) is 10.6. The topological polar surface area (TPSA) is 80.7 Å². The van der Waals surface area contributed by atoms with E-state index in [1.807, 2.05) is 0 Å². The van der Waals surface area contributed by atoms with Gasteiger partial charge in [-0.15, -0.1) is 0 Å². The van der Waals surface area contributed by atoms with Crippen molar-refractivity contribution >= 4 is 15.8 Å². The van der Waals surface area contributed by atoms with E-state index in [9.17, 15) is 18.3 Å². The molecule has 5 nitrogen and oxygen atoms in total. The Bertz CT molecular complexity index is 593. The molecule has 1 aliphatic rings. The molecule has 0 aliphatic carbocycles. The number of hydrogen-bond donors (Lipinski definition) is 1. The highest BCUT2D eigenvalue weighted by Crippen LogP contribution is 2.36. The van der Waals surface area contributed by atoms with Crippen molar-refractivity contribution in [1.82, 2.24) is 0 Å². The minimum absolute atomic E-state index is 0.0523. The number of carbonyl (C=O) groups is 1. The summed E-state index contributed by atoms with van der Waals surface area (Å²) in [5.41, 5.74) is -0.426. The maximum Gasteiger partial charge on any atom is 0.311 e. The first-order valence-corrected chi connectivity index (χ1v) is 7.76. The lowest BCUT2D eigenvalue weighted by atomic mass is 9.81. The van der Waals surface area contributed by atoms with Crippen LogP contribution in [0.25, 0.3) is 0 Å². The van der Waals surface area contributed by atoms with E-state index >= 15 is 0 Å². The van der Waals surface area contributed by atoms with E-state index in [0.29, 0.717) is 5.75 Å². The van der Waals surface area contributed by atoms with E-state index in [0.717, 1.165) is 5.56 Å². The summed E-state index contributed by atoms with van der Waals surface area (Å²) in [7, 11) is -1.71. The molecular formula is C13H16O5S. The number of carboxylic acids is 1. The number of aliphatic carboxylic acids is 1. The molecular weight excluding hydrogens is 268 g/mol. The zero-order valence-corrected chi connectivity index (χ0v) is 11.4. The minimum atomic E-state index is -3.25. The van der Waals surface area contributed by atoms with Crippen LogP contribution in [0.1, 0.15) is 12.0 Å². The normalized spacial score (nSPS) is 25.1. The summed E-state index contributed by atoms with van der Waals surface area (Å²) in [5.74, 6) is -0.745. The Balaban J connectivity index is 2.30. The van der Waals surface area contributed by atoms with Crippen LogP contribution in [-0.2, 0) is 21.1 Å². The molecule has 1 aromatic carbocycles. The molecule has 2 rings (SSSR count). The maximum atomic E-state index is 11.6. The maximum absolute atomic E-state index is 11.6. The second-order valence-corrected chi connectivity index (χ2v) is 7.14. The number of carboxylic acid groups (broad SMARTS) is 1. The van der Waals surface area contributed by atoms with Crippen molar-refractivity contribution in [1.29, 1.82) is 0 Å². The highest BCUT2D eigenvalue weighted by Gasteiger charge is 2.48. The van der Waals surface area contributed by atoms with Gasteiger partial charge in [0.2, 0.25) is 0 Å². The molecule has 1 fully saturated rings. The Labute approximate surface area is 112 Å². The summed E-state index contributed by atoms with van der Waals surface area (Å²) in [4.78, 5) is 11.5. The first-order valence-electron chi connectivity index (χ1n) is 5.94. The van der Waals surface area contributed by atoms with Gasteiger partial charge in [0.1, 0.15) is 5.75 Å². The summed E-state index contributed by atoms with van der Waals surface area (Å²) in [6.07, 6.45) is 0.376. The molecule has 0 amide bonds. The fraction of sp³-hybridized carbons (Fsp3) is 0.462. The smallest absolute Gasteiger partial charge is 0.311 e. The van der Waals surface area contributed by atoms with Gasteiger partial charge in [0.05, 0.1) is 24.0 Å². The van der Waals surface area contributed by atoms with Crippen LogP contribution < -0.4 is 4.74 Å². The Morgan fingerprint density at radius 3 is 2.74 bits per heavy atom. The van der Waals surface area contributed by atoms with E-state index in [1.165, 1.54) is 7.11 Å². The number of sulfone groups is 1. The van der Waals surface area contributed by atoms with Gasteiger partial charge in [0.15, 0.2) is 9.84 Å². The fourth-order valence-electron chi connectivity index (χ4n) is 2.47. The van der Waals surface area contributed by atoms with E-state index in [2.05, 4.69) is 0 Å². The average Bonchev–Trinajstić information content (AvgIpc) is 2.66. The zero-order chi connectivity index (χ0) is 14.1. The Hall–Kier alpha value is -1.56. The first-order chi connectivity index (χ1) is 8.87. The molecule has 0 radical (unpaired) electrons. The van der Waals surface area contributed by atoms with Crippen molar-refractivity contribution in [2.75, 3.05) is 18.6 Å². The minimum Gasteiger partial charge on any atom is -0.497 e. The number of hydrogen-bond acceptors (Lipinski definition) is 4. The molecule has 104 valence electrons. The van der Waals surface area contributed by atoms with Crippen LogP contribution in [0.4, 0.5) is 0 Å². The second kappa shape index (κ2) is 4.85. The lowest BCUT2D eigenvalue weighted by Crippen LogP contribution is -2.34. The van der Waals surface area contributed by atoms with Crippen molar-refractivity contribution in [2.24, 2.45) is 5.41 Å². The number of rotatable bonds is 4. The molecule has 1 saturated heterocycles. The molecule has 1 aromatic rings. The highest BCUT2D eigenvalue weighted by molar-refractivity contribution is 7.91. The van der Waals surface area contributed by atoms with Gasteiger partial charge in [-0.3, -0.25) is 4.79 Å². The van der Waals surface area contributed by atoms with Gasteiger partial charge in [0.25, 0.3) is 0 Å². The average molecular weight is 284 g/mol. The highest BCUT2D eigenvalue weighted by atomic mass is 32.2. The van der Waals surface area contributed by atoms with E-state index in [-0.39, 0.29) is 24.3 Å². The molecule has 0 spiro atoms. The van der Waals surface area contributed by atoms with Gasteiger partial charge in [-0.25, -0.2) is 8.42 Å². The molecule has 19 heavy (non-hydrogen) atoms. The molecule has 1 aliphatic heterocycles. The van der Waals surface area contributed by atoms with E-state index in [4.69, 9.17) is 4.74 Å². The summed E-state index contributed by atoms with van der Waals surface area (Å²) >= 11 is 0. The van der Waals surface area contributed by atoms with Crippen LogP contribution in [0.15, 0.2) is 24.3 Å². The Morgan fingerprint density at radius 1 is 1.47 bits per heavy atom. The predicted molar refractivity (Wildman–Crippen MR) is 70.0 cm³/mol. The number of methoxy groups -OCH3 is 1. The van der Waals surface area contributed by atoms with Crippen LogP contribution in [0.2, 0.25) is 0 Å². The lowest BCUT2D eigenvalue weighted by molar-refractivity contribution is -0.147. The van der Waals surface area contributed by atoms with Crippen molar-refractivity contribution in [3.05, 3.63) is 29.8 Å². The largest absolute Gasteiger partial charge is 0.497 e. The molecule has 1 unspecified atom stereocenters. The van der Waals surface area contributed by atoms with Crippen LogP contribution in [0, 0.1) is 5.41 Å². The molecule has 1 N–H and O–H groups in total. The van der Waals surface area contributed by atoms with Crippen LogP contribution in [0.3, 0.4) is 0 Å². The van der Waals surface area contributed by atoms with Gasteiger partial charge in [0, 0.05) is 0 Å². The van der Waals surface area contributed by atoms with Crippen LogP contribution in [0.5, 0.6) is 5.75 Å². The predicted octanol–water partition coefficient (Wildman–Crippen LogP) is 1.13. The SMILES string of the molecule is COc1cccc(CC2(C(=O)O)CCS(=O)(=O)C2)c1. The van der Waals surface area contributed by atoms with Crippen LogP contribution >= 0.6 is 0 Å². The number of ether oxygens (including phenoxy) is 1. The summed E-state index contributed by atoms with van der Waals surface area (Å²) in [6, 6.07) is 7.07. The standard InChI is InChI=1S/C13H16O5S/c1-18-11-4-2-3-10(7-11)8-13(12(14)15)5-6-19(16,17)9-13/h2-4,7H,5-6,8-9H2,1H3,(H,14,15). The molecule has 0 bridgehead atoms. The quantitative estimate of drug-likeness (QED) is 0.896. The van der Waals surface area contributed by atoms with Crippen LogP contribution in [-0.4, -0.2) is 38.1 Å². The third kappa shape index (κ3) is 2.89. The Kier molecular flexibility index (Phi) is 3.54. The lowest BCUT2D eigenvalue weighted by Gasteiger charge is -2.22. The van der Waals surface area contributed by atoms with Crippen molar-refractivity contribution < 1.29 is 23.1 Å². The van der Waals surface area contributed by atoms with Gasteiger partial charge in [-0.2, -0.15) is 0 Å². The van der Waals surface area contributed by atoms with Gasteiger partial charge in [-0.1, -0.05) is 12.1 Å². The second-order valence-electron chi connectivity index (χ2n) is 4.96. The van der Waals surface area contributed by atoms with Crippen molar-refractivity contribution in [3.63, 3.8) is 0 Å². The Morgan fingerprint density at radius 2 is 2.21 bits per heavy atom. The third-order valence-corrected chi connectivity index (χ3v) is 5.34. The van der Waals surface area contributed by atoms with Crippen molar-refractivity contribution in [3.8, 4) is 5.75 Å². The summed E-state index contributed by atoms with van der Waals surface area (Å²) < 4.78 is 28.2. The van der Waals surface area contributed by atoms with E-state index < -0.39 is 21.2 Å². The monoisotopic (exact) mass is 284 g/mol. The fourth-order valence-corrected chi connectivity index (χ4v) is 4.53. The molecule has 1 heterocycles. The first kappa shape index (κ1) is 13.9. The molecule has 0 aromatic heterocycles. The molecule has 0 saturated carbocycles. The summed E-state index contributed by atoms with van der Waals surface area (Å²) in [5, 5.41) is 9.39. The van der Waals surface area contributed by atoms with E-state index in [1.54, 1.807) is 24.3 Å². The van der Waals surface area contributed by atoms with Gasteiger partial charge < -0.3 is 9.84 Å². The van der Waals surface area contributed by atoms with Gasteiger partial charge in [-0.05, 0) is 30.5 Å². The summed E-state index contributed by atoms with van der Waals surface area (Å²) in [6.45, 7) is 0.